The van der Waals surface area contributed by atoms with Gasteiger partial charge >= 0.3 is 5.97 Å². The number of aromatic carboxylic acids is 1. The van der Waals surface area contributed by atoms with E-state index in [9.17, 15) is 9.59 Å². The van der Waals surface area contributed by atoms with E-state index in [2.05, 4.69) is 5.32 Å². The van der Waals surface area contributed by atoms with Gasteiger partial charge in [0.15, 0.2) is 0 Å². The van der Waals surface area contributed by atoms with Gasteiger partial charge in [0.25, 0.3) is 5.91 Å². The molecule has 0 saturated carbocycles. The number of hydrogen-bond acceptors (Lipinski definition) is 3. The first-order valence-electron chi connectivity index (χ1n) is 6.67. The molecule has 20 heavy (non-hydrogen) atoms. The molecule has 0 aliphatic rings. The lowest BCUT2D eigenvalue weighted by molar-refractivity contribution is 0.0697. The fourth-order valence-corrected chi connectivity index (χ4v) is 1.69. The van der Waals surface area contributed by atoms with E-state index in [0.29, 0.717) is 18.8 Å². The van der Waals surface area contributed by atoms with Gasteiger partial charge in [-0.25, -0.2) is 4.79 Å². The third-order valence-corrected chi connectivity index (χ3v) is 2.99. The number of hydrogen-bond donors (Lipinski definition) is 2. The third-order valence-electron chi connectivity index (χ3n) is 2.99. The molecule has 0 heterocycles. The summed E-state index contributed by atoms with van der Waals surface area (Å²) >= 11 is 0. The van der Waals surface area contributed by atoms with Crippen LogP contribution in [-0.4, -0.2) is 36.2 Å². The van der Waals surface area contributed by atoms with Crippen LogP contribution in [-0.2, 0) is 4.74 Å². The first-order chi connectivity index (χ1) is 9.45. The molecular weight excluding hydrogens is 258 g/mol. The number of carbonyl (C=O) groups is 2. The van der Waals surface area contributed by atoms with Crippen molar-refractivity contribution >= 4 is 11.9 Å². The first-order valence-corrected chi connectivity index (χ1v) is 6.67. The summed E-state index contributed by atoms with van der Waals surface area (Å²) in [4.78, 5) is 23.0. The van der Waals surface area contributed by atoms with Gasteiger partial charge in [0, 0.05) is 12.2 Å². The highest BCUT2D eigenvalue weighted by atomic mass is 16.5. The second-order valence-electron chi connectivity index (χ2n) is 4.87. The summed E-state index contributed by atoms with van der Waals surface area (Å²) in [6, 6.07) is 5.89. The summed E-state index contributed by atoms with van der Waals surface area (Å²) in [6.07, 6.45) is 0. The van der Waals surface area contributed by atoms with Crippen molar-refractivity contribution in [2.75, 3.05) is 13.2 Å². The smallest absolute Gasteiger partial charge is 0.335 e. The highest BCUT2D eigenvalue weighted by Gasteiger charge is 2.18. The van der Waals surface area contributed by atoms with Gasteiger partial charge in [-0.2, -0.15) is 0 Å². The van der Waals surface area contributed by atoms with Crippen LogP contribution in [0, 0.1) is 5.92 Å². The molecule has 5 nitrogen and oxygen atoms in total. The topological polar surface area (TPSA) is 75.6 Å². The van der Waals surface area contributed by atoms with E-state index >= 15 is 0 Å². The Morgan fingerprint density at radius 2 is 1.95 bits per heavy atom. The fraction of sp³-hybridized carbons (Fsp3) is 0.467. The van der Waals surface area contributed by atoms with Gasteiger partial charge < -0.3 is 15.2 Å². The van der Waals surface area contributed by atoms with Crippen LogP contribution >= 0.6 is 0 Å². The van der Waals surface area contributed by atoms with Crippen LogP contribution in [0.25, 0.3) is 0 Å². The Kier molecular flexibility index (Phi) is 6.18. The van der Waals surface area contributed by atoms with E-state index in [1.807, 2.05) is 20.8 Å². The van der Waals surface area contributed by atoms with Crippen molar-refractivity contribution in [3.05, 3.63) is 35.4 Å². The lowest BCUT2D eigenvalue weighted by Gasteiger charge is -2.22. The second kappa shape index (κ2) is 7.65. The molecule has 0 bridgehead atoms. The van der Waals surface area contributed by atoms with Gasteiger partial charge in [0.2, 0.25) is 0 Å². The standard InChI is InChI=1S/C15H21NO4/c1-4-20-9-13(10(2)3)16-14(17)11-6-5-7-12(8-11)15(18)19/h5-8,10,13H,4,9H2,1-3H3,(H,16,17)(H,18,19). The molecule has 0 aliphatic heterocycles. The zero-order chi connectivity index (χ0) is 15.1. The van der Waals surface area contributed by atoms with E-state index in [0.717, 1.165) is 0 Å². The zero-order valence-corrected chi connectivity index (χ0v) is 12.1. The van der Waals surface area contributed by atoms with Gasteiger partial charge in [0.1, 0.15) is 0 Å². The Morgan fingerprint density at radius 1 is 1.30 bits per heavy atom. The minimum Gasteiger partial charge on any atom is -0.478 e. The number of benzene rings is 1. The molecule has 1 amide bonds. The fourth-order valence-electron chi connectivity index (χ4n) is 1.69. The van der Waals surface area contributed by atoms with E-state index < -0.39 is 5.97 Å². The number of carboxylic acid groups (broad SMARTS) is 1. The molecule has 1 unspecified atom stereocenters. The van der Waals surface area contributed by atoms with Crippen molar-refractivity contribution < 1.29 is 19.4 Å². The first kappa shape index (κ1) is 16.2. The highest BCUT2D eigenvalue weighted by molar-refractivity contribution is 5.97. The van der Waals surface area contributed by atoms with Gasteiger partial charge in [-0.1, -0.05) is 19.9 Å². The van der Waals surface area contributed by atoms with Crippen LogP contribution in [0.15, 0.2) is 24.3 Å². The monoisotopic (exact) mass is 279 g/mol. The Morgan fingerprint density at radius 3 is 2.50 bits per heavy atom. The zero-order valence-electron chi connectivity index (χ0n) is 12.1. The van der Waals surface area contributed by atoms with Crippen molar-refractivity contribution in [3.8, 4) is 0 Å². The molecule has 0 aromatic heterocycles. The number of nitrogens with one attached hydrogen (secondary N) is 1. The summed E-state index contributed by atoms with van der Waals surface area (Å²) < 4.78 is 5.35. The van der Waals surface area contributed by atoms with Crippen LogP contribution in [0.3, 0.4) is 0 Å². The molecular formula is C15H21NO4. The SMILES string of the molecule is CCOCC(NC(=O)c1cccc(C(=O)O)c1)C(C)C. The maximum absolute atomic E-state index is 12.1. The molecule has 0 fully saturated rings. The normalized spacial score (nSPS) is 12.2. The largest absolute Gasteiger partial charge is 0.478 e. The number of carbonyl (C=O) groups excluding carboxylic acids is 1. The van der Waals surface area contributed by atoms with Gasteiger partial charge in [-0.15, -0.1) is 0 Å². The quantitative estimate of drug-likeness (QED) is 0.802. The summed E-state index contributed by atoms with van der Waals surface area (Å²) in [5, 5.41) is 11.8. The summed E-state index contributed by atoms with van der Waals surface area (Å²) in [7, 11) is 0. The third kappa shape index (κ3) is 4.66. The number of amides is 1. The predicted molar refractivity (Wildman–Crippen MR) is 76.0 cm³/mol. The second-order valence-corrected chi connectivity index (χ2v) is 4.87. The van der Waals surface area contributed by atoms with Gasteiger partial charge in [0.05, 0.1) is 18.2 Å². The van der Waals surface area contributed by atoms with Crippen molar-refractivity contribution in [2.45, 2.75) is 26.8 Å². The molecule has 1 aromatic carbocycles. The molecule has 0 spiro atoms. The summed E-state index contributed by atoms with van der Waals surface area (Å²) in [5.41, 5.74) is 0.440. The molecule has 110 valence electrons. The average Bonchev–Trinajstić information content (AvgIpc) is 2.42. The molecule has 1 aromatic rings. The Labute approximate surface area is 118 Å². The van der Waals surface area contributed by atoms with E-state index in [1.165, 1.54) is 12.1 Å². The summed E-state index contributed by atoms with van der Waals surface area (Å²) in [6.45, 7) is 6.93. The summed E-state index contributed by atoms with van der Waals surface area (Å²) in [5.74, 6) is -1.10. The van der Waals surface area contributed by atoms with Crippen LogP contribution in [0.1, 0.15) is 41.5 Å². The number of rotatable bonds is 7. The Bertz CT molecular complexity index is 471. The maximum Gasteiger partial charge on any atom is 0.335 e. The Balaban J connectivity index is 2.78. The van der Waals surface area contributed by atoms with Gasteiger partial charge in [-0.05, 0) is 31.0 Å². The molecule has 0 aliphatic carbocycles. The molecule has 0 radical (unpaired) electrons. The van der Waals surface area contributed by atoms with Crippen LogP contribution < -0.4 is 5.32 Å². The van der Waals surface area contributed by atoms with Crippen molar-refractivity contribution in [1.82, 2.24) is 5.32 Å². The molecule has 0 saturated heterocycles. The van der Waals surface area contributed by atoms with E-state index in [4.69, 9.17) is 9.84 Å². The molecule has 1 rings (SSSR count). The lowest BCUT2D eigenvalue weighted by atomic mass is 10.0. The van der Waals surface area contributed by atoms with Crippen LogP contribution in [0.5, 0.6) is 0 Å². The average molecular weight is 279 g/mol. The number of carboxylic acids is 1. The van der Waals surface area contributed by atoms with Crippen LogP contribution in [0.2, 0.25) is 0 Å². The van der Waals surface area contributed by atoms with Crippen LogP contribution in [0.4, 0.5) is 0 Å². The minimum absolute atomic E-state index is 0.101. The minimum atomic E-state index is -1.05. The van der Waals surface area contributed by atoms with Crippen molar-refractivity contribution in [1.29, 1.82) is 0 Å². The van der Waals surface area contributed by atoms with Crippen molar-refractivity contribution in [2.24, 2.45) is 5.92 Å². The maximum atomic E-state index is 12.1. The van der Waals surface area contributed by atoms with Gasteiger partial charge in [-0.3, -0.25) is 4.79 Å². The highest BCUT2D eigenvalue weighted by Crippen LogP contribution is 2.08. The van der Waals surface area contributed by atoms with Crippen molar-refractivity contribution in [3.63, 3.8) is 0 Å². The molecule has 1 atom stereocenters. The predicted octanol–water partition coefficient (Wildman–Crippen LogP) is 2.18. The van der Waals surface area contributed by atoms with E-state index in [-0.39, 0.29) is 23.4 Å². The molecule has 5 heteroatoms. The molecule has 2 N–H and O–H groups in total. The lowest BCUT2D eigenvalue weighted by Crippen LogP contribution is -2.41. The number of ether oxygens (including phenoxy) is 1. The van der Waals surface area contributed by atoms with E-state index in [1.54, 1.807) is 12.1 Å². The Hall–Kier alpha value is -1.88.